The normalized spacial score (nSPS) is 22.9. The van der Waals surface area contributed by atoms with E-state index in [-0.39, 0.29) is 0 Å². The van der Waals surface area contributed by atoms with E-state index in [1.54, 1.807) is 0 Å². The van der Waals surface area contributed by atoms with E-state index in [4.69, 9.17) is 11.6 Å². The summed E-state index contributed by atoms with van der Waals surface area (Å²) in [6.07, 6.45) is 7.90. The molecule has 0 aromatic heterocycles. The van der Waals surface area contributed by atoms with Gasteiger partial charge in [-0.2, -0.15) is 0 Å². The Hall–Kier alpha value is -0.530. The number of hydrogen-bond acceptors (Lipinski definition) is 1. The maximum absolute atomic E-state index is 6.41. The topological polar surface area (TPSA) is 12.0 Å². The van der Waals surface area contributed by atoms with Crippen molar-refractivity contribution in [1.82, 2.24) is 5.32 Å². The lowest BCUT2D eigenvalue weighted by molar-refractivity contribution is 0.229. The smallest absolute Gasteiger partial charge is 0.0440 e. The quantitative estimate of drug-likeness (QED) is 0.728. The highest BCUT2D eigenvalue weighted by Gasteiger charge is 2.25. The molecule has 0 amide bonds. The van der Waals surface area contributed by atoms with E-state index in [9.17, 15) is 0 Å². The molecule has 0 heterocycles. The number of nitrogens with one attached hydrogen (secondary N) is 1. The van der Waals surface area contributed by atoms with Gasteiger partial charge in [0, 0.05) is 5.02 Å². The number of rotatable bonds is 6. The number of benzene rings is 1. The highest BCUT2D eigenvalue weighted by Crippen LogP contribution is 2.33. The zero-order valence-electron chi connectivity index (χ0n) is 12.9. The first-order chi connectivity index (χ1) is 9.70. The van der Waals surface area contributed by atoms with Crippen LogP contribution in [0.2, 0.25) is 5.02 Å². The summed E-state index contributed by atoms with van der Waals surface area (Å²) in [5.74, 6) is 1.63. The maximum atomic E-state index is 6.41. The molecule has 0 bridgehead atoms. The number of aryl methyl sites for hydroxylation is 1. The van der Waals surface area contributed by atoms with Gasteiger partial charge < -0.3 is 5.32 Å². The fourth-order valence-corrected chi connectivity index (χ4v) is 3.70. The number of hydrogen-bond donors (Lipinski definition) is 1. The summed E-state index contributed by atoms with van der Waals surface area (Å²) in [6.45, 7) is 6.67. The second kappa shape index (κ2) is 8.05. The van der Waals surface area contributed by atoms with Crippen LogP contribution < -0.4 is 5.32 Å². The Balaban J connectivity index is 1.97. The molecule has 2 heteroatoms. The van der Waals surface area contributed by atoms with Gasteiger partial charge >= 0.3 is 0 Å². The highest BCUT2D eigenvalue weighted by atomic mass is 35.5. The maximum Gasteiger partial charge on any atom is 0.0440 e. The predicted molar refractivity (Wildman–Crippen MR) is 88.5 cm³/mol. The van der Waals surface area contributed by atoms with Crippen LogP contribution in [0.5, 0.6) is 0 Å². The Bertz CT molecular complexity index is 416. The molecule has 1 nitrogen and oxygen atoms in total. The lowest BCUT2D eigenvalue weighted by Gasteiger charge is -2.32. The van der Waals surface area contributed by atoms with Crippen molar-refractivity contribution in [3.8, 4) is 0 Å². The summed E-state index contributed by atoms with van der Waals surface area (Å²) in [5.41, 5.74) is 2.59. The first kappa shape index (κ1) is 15.9. The van der Waals surface area contributed by atoms with E-state index in [1.165, 1.54) is 49.8 Å². The van der Waals surface area contributed by atoms with Crippen LogP contribution in [0.15, 0.2) is 18.2 Å². The molecule has 1 aromatic carbocycles. The molecule has 1 aliphatic carbocycles. The predicted octanol–water partition coefficient (Wildman–Crippen LogP) is 5.00. The SMILES string of the molecule is CCCNCC1CCCCC1Cc1ccc(C)cc1Cl. The highest BCUT2D eigenvalue weighted by molar-refractivity contribution is 6.31. The van der Waals surface area contributed by atoms with Crippen LogP contribution in [0.1, 0.15) is 50.2 Å². The van der Waals surface area contributed by atoms with Crippen LogP contribution in [0, 0.1) is 18.8 Å². The van der Waals surface area contributed by atoms with Gasteiger partial charge in [0.05, 0.1) is 0 Å². The fraction of sp³-hybridized carbons (Fsp3) is 0.667. The van der Waals surface area contributed by atoms with E-state index in [2.05, 4.69) is 37.4 Å². The van der Waals surface area contributed by atoms with Crippen LogP contribution in [-0.2, 0) is 6.42 Å². The summed E-state index contributed by atoms with van der Waals surface area (Å²) in [7, 11) is 0. The Morgan fingerprint density at radius 3 is 2.65 bits per heavy atom. The molecule has 112 valence electrons. The van der Waals surface area contributed by atoms with Crippen LogP contribution in [-0.4, -0.2) is 13.1 Å². The Morgan fingerprint density at radius 2 is 1.95 bits per heavy atom. The Kier molecular flexibility index (Phi) is 6.38. The van der Waals surface area contributed by atoms with Crippen molar-refractivity contribution < 1.29 is 0 Å². The molecule has 1 N–H and O–H groups in total. The molecule has 0 saturated heterocycles. The van der Waals surface area contributed by atoms with Crippen molar-refractivity contribution in [3.63, 3.8) is 0 Å². The van der Waals surface area contributed by atoms with E-state index in [0.717, 1.165) is 29.8 Å². The fourth-order valence-electron chi connectivity index (χ4n) is 3.39. The molecule has 1 aromatic rings. The molecule has 0 radical (unpaired) electrons. The lowest BCUT2D eigenvalue weighted by atomic mass is 9.76. The van der Waals surface area contributed by atoms with Crippen molar-refractivity contribution in [1.29, 1.82) is 0 Å². The third kappa shape index (κ3) is 4.49. The van der Waals surface area contributed by atoms with Gasteiger partial charge in [-0.3, -0.25) is 0 Å². The second-order valence-corrected chi connectivity index (χ2v) is 6.71. The molecule has 1 fully saturated rings. The van der Waals surface area contributed by atoms with Crippen molar-refractivity contribution in [2.45, 2.75) is 52.4 Å². The molecule has 2 rings (SSSR count). The summed E-state index contributed by atoms with van der Waals surface area (Å²) in [6, 6.07) is 6.52. The summed E-state index contributed by atoms with van der Waals surface area (Å²) < 4.78 is 0. The molecule has 0 aliphatic heterocycles. The van der Waals surface area contributed by atoms with Crippen molar-refractivity contribution in [2.24, 2.45) is 11.8 Å². The van der Waals surface area contributed by atoms with E-state index >= 15 is 0 Å². The van der Waals surface area contributed by atoms with Crippen LogP contribution >= 0.6 is 11.6 Å². The van der Waals surface area contributed by atoms with Gasteiger partial charge in [0.15, 0.2) is 0 Å². The molecule has 1 aliphatic rings. The first-order valence-corrected chi connectivity index (χ1v) is 8.54. The van der Waals surface area contributed by atoms with E-state index in [1.807, 2.05) is 0 Å². The molecule has 2 unspecified atom stereocenters. The third-order valence-corrected chi connectivity index (χ3v) is 4.94. The standard InChI is InChI=1S/C18H28ClN/c1-3-10-20-13-17-7-5-4-6-15(17)12-16-9-8-14(2)11-18(16)19/h8-9,11,15,17,20H,3-7,10,12-13H2,1-2H3. The minimum absolute atomic E-state index is 0.799. The molecule has 20 heavy (non-hydrogen) atoms. The molecular formula is C18H28ClN. The molecule has 2 atom stereocenters. The summed E-state index contributed by atoms with van der Waals surface area (Å²) >= 11 is 6.41. The first-order valence-electron chi connectivity index (χ1n) is 8.16. The van der Waals surface area contributed by atoms with Gasteiger partial charge in [-0.1, -0.05) is 43.5 Å². The largest absolute Gasteiger partial charge is 0.316 e. The summed E-state index contributed by atoms with van der Waals surface area (Å²) in [4.78, 5) is 0. The molecule has 0 spiro atoms. The zero-order chi connectivity index (χ0) is 14.4. The molecular weight excluding hydrogens is 266 g/mol. The Labute approximate surface area is 129 Å². The monoisotopic (exact) mass is 293 g/mol. The number of halogens is 1. The van der Waals surface area contributed by atoms with Gasteiger partial charge in [-0.25, -0.2) is 0 Å². The van der Waals surface area contributed by atoms with Gasteiger partial charge in [0.1, 0.15) is 0 Å². The van der Waals surface area contributed by atoms with Gasteiger partial charge in [-0.05, 0) is 74.7 Å². The average Bonchev–Trinajstić information content (AvgIpc) is 2.44. The summed E-state index contributed by atoms with van der Waals surface area (Å²) in [5, 5.41) is 4.57. The Morgan fingerprint density at radius 1 is 1.20 bits per heavy atom. The minimum Gasteiger partial charge on any atom is -0.316 e. The van der Waals surface area contributed by atoms with Crippen LogP contribution in [0.25, 0.3) is 0 Å². The molecule has 1 saturated carbocycles. The lowest BCUT2D eigenvalue weighted by Crippen LogP contribution is -2.32. The van der Waals surface area contributed by atoms with Crippen LogP contribution in [0.3, 0.4) is 0 Å². The van der Waals surface area contributed by atoms with Gasteiger partial charge in [0.25, 0.3) is 0 Å². The third-order valence-electron chi connectivity index (χ3n) is 4.59. The zero-order valence-corrected chi connectivity index (χ0v) is 13.7. The second-order valence-electron chi connectivity index (χ2n) is 6.31. The van der Waals surface area contributed by atoms with Crippen molar-refractivity contribution in [3.05, 3.63) is 34.3 Å². The van der Waals surface area contributed by atoms with Gasteiger partial charge in [0.2, 0.25) is 0 Å². The van der Waals surface area contributed by atoms with Crippen molar-refractivity contribution >= 4 is 11.6 Å². The average molecular weight is 294 g/mol. The van der Waals surface area contributed by atoms with E-state index < -0.39 is 0 Å². The minimum atomic E-state index is 0.799. The van der Waals surface area contributed by atoms with Crippen LogP contribution in [0.4, 0.5) is 0 Å². The van der Waals surface area contributed by atoms with Gasteiger partial charge in [-0.15, -0.1) is 0 Å². The van der Waals surface area contributed by atoms with Crippen molar-refractivity contribution in [2.75, 3.05) is 13.1 Å². The van der Waals surface area contributed by atoms with E-state index in [0.29, 0.717) is 0 Å².